The summed E-state index contributed by atoms with van der Waals surface area (Å²) in [5.41, 5.74) is 0.380. The SMILES string of the molecule is O=C(O)c1ccc(O[C]2C=C[C](Oc3ccc(C(=O)O)cc3)C=C2)cc1. The smallest absolute Gasteiger partial charge is 0.335 e. The van der Waals surface area contributed by atoms with Gasteiger partial charge < -0.3 is 19.7 Å². The maximum atomic E-state index is 10.8. The molecule has 2 aromatic carbocycles. The molecule has 26 heavy (non-hydrogen) atoms. The minimum Gasteiger partial charge on any atom is -0.478 e. The van der Waals surface area contributed by atoms with Crippen LogP contribution in [0.3, 0.4) is 0 Å². The Morgan fingerprint density at radius 3 is 1.15 bits per heavy atom. The summed E-state index contributed by atoms with van der Waals surface area (Å²) in [6, 6.07) is 12.2. The third kappa shape index (κ3) is 4.30. The van der Waals surface area contributed by atoms with Crippen LogP contribution in [0.5, 0.6) is 11.5 Å². The molecule has 0 saturated carbocycles. The van der Waals surface area contributed by atoms with E-state index >= 15 is 0 Å². The number of carbonyl (C=O) groups is 2. The molecule has 0 aliphatic heterocycles. The maximum absolute atomic E-state index is 10.8. The quantitative estimate of drug-likeness (QED) is 0.824. The lowest BCUT2D eigenvalue weighted by Gasteiger charge is -2.17. The molecule has 2 radical (unpaired) electrons. The van der Waals surface area contributed by atoms with Crippen molar-refractivity contribution in [3.63, 3.8) is 0 Å². The van der Waals surface area contributed by atoms with Crippen LogP contribution in [-0.4, -0.2) is 22.2 Å². The average Bonchev–Trinajstić information content (AvgIpc) is 2.64. The first-order valence-corrected chi connectivity index (χ1v) is 7.64. The van der Waals surface area contributed by atoms with E-state index in [4.69, 9.17) is 19.7 Å². The van der Waals surface area contributed by atoms with E-state index in [2.05, 4.69) is 0 Å². The molecule has 0 fully saturated rings. The Hall–Kier alpha value is -3.54. The Balaban J connectivity index is 1.55. The van der Waals surface area contributed by atoms with Crippen LogP contribution in [0.15, 0.2) is 72.8 Å². The van der Waals surface area contributed by atoms with E-state index in [1.807, 2.05) is 0 Å². The minimum atomic E-state index is -0.991. The zero-order chi connectivity index (χ0) is 18.5. The molecule has 1 aliphatic carbocycles. The van der Waals surface area contributed by atoms with Crippen molar-refractivity contribution < 1.29 is 29.3 Å². The number of carboxylic acids is 2. The third-order valence-corrected chi connectivity index (χ3v) is 3.50. The van der Waals surface area contributed by atoms with Gasteiger partial charge in [0.2, 0.25) is 0 Å². The van der Waals surface area contributed by atoms with Gasteiger partial charge in [-0.1, -0.05) is 0 Å². The van der Waals surface area contributed by atoms with Crippen LogP contribution in [0.1, 0.15) is 20.7 Å². The fraction of sp³-hybridized carbons (Fsp3) is 0. The summed E-state index contributed by atoms with van der Waals surface area (Å²) in [6.07, 6.45) is 8.00. The van der Waals surface area contributed by atoms with Gasteiger partial charge in [0.05, 0.1) is 11.1 Å². The molecule has 0 saturated heterocycles. The lowest BCUT2D eigenvalue weighted by atomic mass is 10.1. The molecule has 0 bridgehead atoms. The first kappa shape index (κ1) is 17.3. The summed E-state index contributed by atoms with van der Waals surface area (Å²) in [4.78, 5) is 21.7. The van der Waals surface area contributed by atoms with Crippen molar-refractivity contribution in [2.24, 2.45) is 0 Å². The van der Waals surface area contributed by atoms with E-state index in [0.29, 0.717) is 23.7 Å². The van der Waals surface area contributed by atoms with Crippen molar-refractivity contribution in [3.05, 3.63) is 96.2 Å². The normalized spacial score (nSPS) is 14.2. The summed E-state index contributed by atoms with van der Waals surface area (Å²) in [6.45, 7) is 0. The highest BCUT2D eigenvalue weighted by Crippen LogP contribution is 2.25. The van der Waals surface area contributed by atoms with E-state index in [-0.39, 0.29) is 11.1 Å². The molecule has 0 unspecified atom stereocenters. The number of rotatable bonds is 6. The van der Waals surface area contributed by atoms with Crippen LogP contribution in [0.4, 0.5) is 0 Å². The van der Waals surface area contributed by atoms with E-state index in [9.17, 15) is 9.59 Å². The zero-order valence-corrected chi connectivity index (χ0v) is 13.5. The van der Waals surface area contributed by atoms with Gasteiger partial charge in [-0.3, -0.25) is 0 Å². The summed E-state index contributed by atoms with van der Waals surface area (Å²) in [5, 5.41) is 17.8. The highest BCUT2D eigenvalue weighted by molar-refractivity contribution is 5.88. The van der Waals surface area contributed by atoms with E-state index < -0.39 is 11.9 Å². The fourth-order valence-corrected chi connectivity index (χ4v) is 2.18. The second-order valence-corrected chi connectivity index (χ2v) is 5.33. The highest BCUT2D eigenvalue weighted by Gasteiger charge is 2.15. The van der Waals surface area contributed by atoms with Gasteiger partial charge in [0.1, 0.15) is 11.5 Å². The van der Waals surface area contributed by atoms with Gasteiger partial charge in [-0.25, -0.2) is 9.59 Å². The Morgan fingerprint density at radius 1 is 0.577 bits per heavy atom. The Morgan fingerprint density at radius 2 is 0.885 bits per heavy atom. The molecule has 3 rings (SSSR count). The van der Waals surface area contributed by atoms with Crippen LogP contribution >= 0.6 is 0 Å². The van der Waals surface area contributed by atoms with Gasteiger partial charge in [0.25, 0.3) is 0 Å². The molecule has 130 valence electrons. The standard InChI is InChI=1S/C20H14O6/c21-19(22)13-1-5-15(6-2-13)25-17-9-11-18(12-10-17)26-16-7-3-14(4-8-16)20(23)24/h1-12H,(H,21,22)(H,23,24). The second-order valence-electron chi connectivity index (χ2n) is 5.33. The summed E-state index contributed by atoms with van der Waals surface area (Å²) in [5.74, 6) is -0.940. The van der Waals surface area contributed by atoms with Crippen LogP contribution in [-0.2, 0) is 0 Å². The zero-order valence-electron chi connectivity index (χ0n) is 13.5. The molecule has 1 aliphatic rings. The van der Waals surface area contributed by atoms with Gasteiger partial charge >= 0.3 is 11.9 Å². The molecule has 0 heterocycles. The predicted molar refractivity (Wildman–Crippen MR) is 92.8 cm³/mol. The number of hydrogen-bond donors (Lipinski definition) is 2. The summed E-state index contributed by atoms with van der Waals surface area (Å²) in [7, 11) is 0. The van der Waals surface area contributed by atoms with Crippen LogP contribution in [0, 0.1) is 12.2 Å². The highest BCUT2D eigenvalue weighted by atomic mass is 16.5. The van der Waals surface area contributed by atoms with Gasteiger partial charge in [-0.05, 0) is 72.8 Å². The molecule has 6 heteroatoms. The Kier molecular flexibility index (Phi) is 5.03. The molecule has 2 aromatic rings. The molecular weight excluding hydrogens is 336 g/mol. The number of ether oxygens (including phenoxy) is 2. The molecule has 6 nitrogen and oxygen atoms in total. The van der Waals surface area contributed by atoms with Crippen molar-refractivity contribution in [2.45, 2.75) is 0 Å². The van der Waals surface area contributed by atoms with Crippen molar-refractivity contribution in [1.82, 2.24) is 0 Å². The van der Waals surface area contributed by atoms with E-state index in [1.165, 1.54) is 24.3 Å². The maximum Gasteiger partial charge on any atom is 0.335 e. The van der Waals surface area contributed by atoms with Gasteiger partial charge in [-0.2, -0.15) is 0 Å². The average molecular weight is 350 g/mol. The van der Waals surface area contributed by atoms with Crippen molar-refractivity contribution in [1.29, 1.82) is 0 Å². The third-order valence-electron chi connectivity index (χ3n) is 3.50. The molecule has 0 atom stereocenters. The van der Waals surface area contributed by atoms with Crippen molar-refractivity contribution in [3.8, 4) is 11.5 Å². The molecule has 2 N–H and O–H groups in total. The summed E-state index contributed by atoms with van der Waals surface area (Å²) >= 11 is 0. The topological polar surface area (TPSA) is 93.1 Å². The van der Waals surface area contributed by atoms with Crippen LogP contribution < -0.4 is 9.47 Å². The van der Waals surface area contributed by atoms with Gasteiger partial charge in [0.15, 0.2) is 12.2 Å². The lowest BCUT2D eigenvalue weighted by molar-refractivity contribution is 0.0686. The molecule has 0 spiro atoms. The van der Waals surface area contributed by atoms with Gasteiger partial charge in [-0.15, -0.1) is 0 Å². The van der Waals surface area contributed by atoms with E-state index in [1.54, 1.807) is 48.6 Å². The first-order valence-electron chi connectivity index (χ1n) is 7.64. The molecular formula is C20H14O6. The number of aromatic carboxylic acids is 2. The Bertz CT molecular complexity index is 763. The number of carboxylic acid groups (broad SMARTS) is 2. The molecule has 0 aromatic heterocycles. The minimum absolute atomic E-state index is 0.190. The van der Waals surface area contributed by atoms with E-state index in [0.717, 1.165) is 0 Å². The predicted octanol–water partition coefficient (Wildman–Crippen LogP) is 3.73. The summed E-state index contributed by atoms with van der Waals surface area (Å²) < 4.78 is 11.3. The van der Waals surface area contributed by atoms with Crippen molar-refractivity contribution in [2.75, 3.05) is 0 Å². The second kappa shape index (κ2) is 7.57. The van der Waals surface area contributed by atoms with Crippen LogP contribution in [0.2, 0.25) is 0 Å². The van der Waals surface area contributed by atoms with Crippen molar-refractivity contribution >= 4 is 11.9 Å². The lowest BCUT2D eigenvalue weighted by Crippen LogP contribution is -2.09. The monoisotopic (exact) mass is 350 g/mol. The number of hydrogen-bond acceptors (Lipinski definition) is 4. The fourth-order valence-electron chi connectivity index (χ4n) is 2.18. The number of benzene rings is 2. The first-order chi connectivity index (χ1) is 12.5. The Labute approximate surface area is 149 Å². The largest absolute Gasteiger partial charge is 0.478 e. The van der Waals surface area contributed by atoms with Gasteiger partial charge in [0, 0.05) is 0 Å². The molecule has 0 amide bonds. The van der Waals surface area contributed by atoms with Crippen LogP contribution in [0.25, 0.3) is 0 Å².